The van der Waals surface area contributed by atoms with Crippen molar-refractivity contribution in [3.05, 3.63) is 23.8 Å². The highest BCUT2D eigenvalue weighted by atomic mass is 32.2. The van der Waals surface area contributed by atoms with Crippen molar-refractivity contribution in [3.8, 4) is 0 Å². The van der Waals surface area contributed by atoms with E-state index in [0.29, 0.717) is 5.52 Å². The predicted molar refractivity (Wildman–Crippen MR) is 87.3 cm³/mol. The smallest absolute Gasteiger partial charge is 0.338 e. The highest BCUT2D eigenvalue weighted by Crippen LogP contribution is 2.23. The van der Waals surface area contributed by atoms with Crippen LogP contribution in [0.2, 0.25) is 0 Å². The molecule has 0 radical (unpaired) electrons. The first-order chi connectivity index (χ1) is 10.4. The van der Waals surface area contributed by atoms with E-state index in [1.165, 1.54) is 32.3 Å². The van der Waals surface area contributed by atoms with Gasteiger partial charge in [0, 0.05) is 14.1 Å². The lowest BCUT2D eigenvalue weighted by Gasteiger charge is -2.19. The first-order valence-electron chi connectivity index (χ1n) is 6.88. The molecule has 0 saturated heterocycles. The van der Waals surface area contributed by atoms with Crippen molar-refractivity contribution < 1.29 is 17.9 Å². The number of nitrogen functional groups attached to an aromatic ring is 1. The number of carbonyl (C=O) groups excluding carboxylic acids is 1. The van der Waals surface area contributed by atoms with Gasteiger partial charge < -0.3 is 10.5 Å². The van der Waals surface area contributed by atoms with Crippen LogP contribution in [0.15, 0.2) is 18.2 Å². The van der Waals surface area contributed by atoms with E-state index in [9.17, 15) is 13.2 Å². The third-order valence-corrected chi connectivity index (χ3v) is 4.73. The molecule has 126 valence electrons. The number of fused-ring (bicyclic) bond motifs is 1. The van der Waals surface area contributed by atoms with Crippen molar-refractivity contribution in [2.75, 3.05) is 19.8 Å². The summed E-state index contributed by atoms with van der Waals surface area (Å²) in [5.41, 5.74) is 5.90. The molecule has 0 aliphatic rings. The maximum Gasteiger partial charge on any atom is 0.338 e. The fraction of sp³-hybridized carbons (Fsp3) is 0.429. The van der Waals surface area contributed by atoms with Gasteiger partial charge in [0.25, 0.3) is 0 Å². The zero-order valence-electron chi connectivity index (χ0n) is 13.7. The Kier molecular flexibility index (Phi) is 4.12. The zero-order valence-corrected chi connectivity index (χ0v) is 14.5. The Morgan fingerprint density at radius 3 is 2.43 bits per heavy atom. The summed E-state index contributed by atoms with van der Waals surface area (Å²) >= 11 is 0. The number of hydrogen-bond donors (Lipinski definition) is 1. The predicted octanol–water partition coefficient (Wildman–Crippen LogP) is 1.23. The van der Waals surface area contributed by atoms with Crippen LogP contribution in [0.5, 0.6) is 0 Å². The van der Waals surface area contributed by atoms with Crippen molar-refractivity contribution in [2.24, 2.45) is 0 Å². The number of imidazole rings is 1. The van der Waals surface area contributed by atoms with Crippen molar-refractivity contribution in [3.63, 3.8) is 0 Å². The van der Waals surface area contributed by atoms with E-state index in [0.717, 1.165) is 8.28 Å². The molecule has 9 heteroatoms. The normalized spacial score (nSPS) is 12.8. The van der Waals surface area contributed by atoms with Gasteiger partial charge >= 0.3 is 16.2 Å². The van der Waals surface area contributed by atoms with Crippen molar-refractivity contribution in [2.45, 2.75) is 26.4 Å². The molecule has 1 heterocycles. The number of hydrogen-bond acceptors (Lipinski definition) is 6. The Morgan fingerprint density at radius 1 is 1.30 bits per heavy atom. The van der Waals surface area contributed by atoms with Crippen LogP contribution < -0.4 is 5.73 Å². The molecule has 0 atom stereocenters. The van der Waals surface area contributed by atoms with Gasteiger partial charge in [-0.05, 0) is 39.0 Å². The molecule has 2 rings (SSSR count). The van der Waals surface area contributed by atoms with Crippen LogP contribution in [0, 0.1) is 0 Å². The molecule has 0 aliphatic carbocycles. The van der Waals surface area contributed by atoms with Gasteiger partial charge in [-0.2, -0.15) is 16.7 Å². The van der Waals surface area contributed by atoms with E-state index < -0.39 is 21.8 Å². The van der Waals surface area contributed by atoms with Crippen molar-refractivity contribution >= 4 is 33.2 Å². The second-order valence-corrected chi connectivity index (χ2v) is 8.22. The lowest BCUT2D eigenvalue weighted by Crippen LogP contribution is -2.29. The molecule has 0 bridgehead atoms. The number of ether oxygens (including phenoxy) is 1. The topological polar surface area (TPSA) is 108 Å². The van der Waals surface area contributed by atoms with Crippen LogP contribution in [0.3, 0.4) is 0 Å². The maximum absolute atomic E-state index is 12.4. The summed E-state index contributed by atoms with van der Waals surface area (Å²) < 4.78 is 32.0. The van der Waals surface area contributed by atoms with Crippen LogP contribution in [-0.2, 0) is 14.9 Å². The summed E-state index contributed by atoms with van der Waals surface area (Å²) in [5.74, 6) is -0.719. The largest absolute Gasteiger partial charge is 0.456 e. The van der Waals surface area contributed by atoms with E-state index in [4.69, 9.17) is 10.5 Å². The van der Waals surface area contributed by atoms with Gasteiger partial charge in [-0.25, -0.2) is 9.78 Å². The molecule has 8 nitrogen and oxygen atoms in total. The van der Waals surface area contributed by atoms with E-state index in [1.807, 2.05) is 0 Å². The van der Waals surface area contributed by atoms with Crippen LogP contribution in [0.25, 0.3) is 11.0 Å². The third kappa shape index (κ3) is 3.30. The van der Waals surface area contributed by atoms with Gasteiger partial charge in [-0.3, -0.25) is 0 Å². The molecule has 0 fully saturated rings. The van der Waals surface area contributed by atoms with Crippen LogP contribution in [0.1, 0.15) is 31.1 Å². The Hall–Kier alpha value is -2.13. The van der Waals surface area contributed by atoms with E-state index in [1.54, 1.807) is 20.8 Å². The number of anilines is 1. The summed E-state index contributed by atoms with van der Waals surface area (Å²) in [6, 6.07) is 4.47. The molecule has 1 aromatic heterocycles. The quantitative estimate of drug-likeness (QED) is 0.842. The second kappa shape index (κ2) is 5.50. The zero-order chi connectivity index (χ0) is 17.6. The molecule has 0 saturated carbocycles. The molecule has 0 spiro atoms. The minimum Gasteiger partial charge on any atom is -0.456 e. The fourth-order valence-corrected chi connectivity index (χ4v) is 2.94. The second-order valence-electron chi connectivity index (χ2n) is 6.23. The highest BCUT2D eigenvalue weighted by molar-refractivity contribution is 7.87. The Balaban J connectivity index is 2.62. The van der Waals surface area contributed by atoms with Gasteiger partial charge in [0.2, 0.25) is 5.95 Å². The summed E-state index contributed by atoms with van der Waals surface area (Å²) in [7, 11) is -1.08. The Labute approximate surface area is 135 Å². The maximum atomic E-state index is 12.4. The van der Waals surface area contributed by atoms with Gasteiger partial charge in [-0.1, -0.05) is 0 Å². The number of aromatic nitrogens is 2. The van der Waals surface area contributed by atoms with Crippen molar-refractivity contribution in [1.29, 1.82) is 0 Å². The first-order valence-corrected chi connectivity index (χ1v) is 8.27. The van der Waals surface area contributed by atoms with Gasteiger partial charge in [0.1, 0.15) is 5.60 Å². The summed E-state index contributed by atoms with van der Waals surface area (Å²) in [6.07, 6.45) is 0. The number of rotatable bonds is 3. The number of nitrogens with zero attached hydrogens (tertiary/aromatic N) is 3. The lowest BCUT2D eigenvalue weighted by atomic mass is 10.1. The number of benzene rings is 1. The van der Waals surface area contributed by atoms with Crippen LogP contribution in [0.4, 0.5) is 5.95 Å². The van der Waals surface area contributed by atoms with Crippen LogP contribution in [-0.4, -0.2) is 47.3 Å². The van der Waals surface area contributed by atoms with Gasteiger partial charge in [0.05, 0.1) is 16.6 Å². The minimum absolute atomic E-state index is 0.171. The summed E-state index contributed by atoms with van der Waals surface area (Å²) in [5, 5.41) is 0. The molecule has 1 aromatic carbocycles. The number of nitrogens with two attached hydrogens (primary N) is 1. The fourth-order valence-electron chi connectivity index (χ4n) is 1.94. The van der Waals surface area contributed by atoms with Crippen molar-refractivity contribution in [1.82, 2.24) is 13.3 Å². The molecular formula is C14H20N4O4S. The lowest BCUT2D eigenvalue weighted by molar-refractivity contribution is 0.00696. The highest BCUT2D eigenvalue weighted by Gasteiger charge is 2.25. The molecule has 0 unspecified atom stereocenters. The van der Waals surface area contributed by atoms with E-state index in [2.05, 4.69) is 4.98 Å². The molecule has 2 aromatic rings. The molecule has 2 N–H and O–H groups in total. The van der Waals surface area contributed by atoms with Gasteiger partial charge in [0.15, 0.2) is 0 Å². The number of carbonyl (C=O) groups is 1. The average Bonchev–Trinajstić information content (AvgIpc) is 2.71. The minimum atomic E-state index is -3.86. The summed E-state index contributed by atoms with van der Waals surface area (Å²) in [6.45, 7) is 5.26. The Bertz CT molecular complexity index is 863. The molecular weight excluding hydrogens is 320 g/mol. The molecule has 23 heavy (non-hydrogen) atoms. The molecule has 0 aliphatic heterocycles. The van der Waals surface area contributed by atoms with Gasteiger partial charge in [-0.15, -0.1) is 0 Å². The van der Waals surface area contributed by atoms with Crippen LogP contribution >= 0.6 is 0 Å². The number of esters is 1. The Morgan fingerprint density at radius 2 is 1.91 bits per heavy atom. The molecule has 0 amide bonds. The summed E-state index contributed by atoms with van der Waals surface area (Å²) in [4.78, 5) is 16.2. The monoisotopic (exact) mass is 340 g/mol. The first kappa shape index (κ1) is 17.2. The van der Waals surface area contributed by atoms with E-state index in [-0.39, 0.29) is 17.0 Å². The van der Waals surface area contributed by atoms with E-state index >= 15 is 0 Å². The SMILES string of the molecule is CN(C)S(=O)(=O)n1c(N)nc2ccc(C(=O)OC(C)(C)C)cc21. The standard InChI is InChI=1S/C14H20N4O4S/c1-14(2,3)22-12(19)9-6-7-10-11(8-9)18(13(15)16-10)23(20,21)17(4)5/h6-8H,1-5H3,(H2,15,16). The third-order valence-electron chi connectivity index (χ3n) is 2.96. The average molecular weight is 340 g/mol.